The number of fused-ring (bicyclic) bond motifs is 1. The zero-order valence-electron chi connectivity index (χ0n) is 9.83. The number of phenolic OH excluding ortho intramolecular Hbond substituents is 1. The second kappa shape index (κ2) is 4.70. The third-order valence-electron chi connectivity index (χ3n) is 2.81. The van der Waals surface area contributed by atoms with E-state index in [0.29, 0.717) is 16.8 Å². The molecule has 1 amide bonds. The van der Waals surface area contributed by atoms with Gasteiger partial charge in [-0.3, -0.25) is 4.79 Å². The van der Waals surface area contributed by atoms with Crippen LogP contribution in [0, 0.1) is 0 Å². The molecule has 0 atom stereocenters. The van der Waals surface area contributed by atoms with E-state index in [1.165, 1.54) is 11.3 Å². The Bertz CT molecular complexity index is 738. The van der Waals surface area contributed by atoms with E-state index in [4.69, 9.17) is 0 Å². The van der Waals surface area contributed by atoms with Gasteiger partial charge in [-0.2, -0.15) is 0 Å². The van der Waals surface area contributed by atoms with Crippen molar-refractivity contribution in [2.45, 2.75) is 0 Å². The predicted octanol–water partition coefficient (Wildman–Crippen LogP) is 3.25. The molecule has 0 saturated heterocycles. The van der Waals surface area contributed by atoms with Crippen LogP contribution in [0.3, 0.4) is 0 Å². The fourth-order valence-corrected chi connectivity index (χ4v) is 2.45. The van der Waals surface area contributed by atoms with Gasteiger partial charge in [-0.1, -0.05) is 24.3 Å². The number of hydrogen-bond donors (Lipinski definition) is 2. The SMILES string of the molecule is O=C(Nc1cccc2c(O)cccc12)c1cscn1. The Labute approximate surface area is 113 Å². The van der Waals surface area contributed by atoms with E-state index in [0.717, 1.165) is 5.39 Å². The van der Waals surface area contributed by atoms with Gasteiger partial charge >= 0.3 is 0 Å². The summed E-state index contributed by atoms with van der Waals surface area (Å²) in [5, 5.41) is 15.8. The molecular weight excluding hydrogens is 260 g/mol. The molecule has 2 N–H and O–H groups in total. The number of amides is 1. The van der Waals surface area contributed by atoms with E-state index in [9.17, 15) is 9.90 Å². The summed E-state index contributed by atoms with van der Waals surface area (Å²) in [6, 6.07) is 10.6. The molecule has 3 rings (SSSR count). The normalized spacial score (nSPS) is 10.5. The highest BCUT2D eigenvalue weighted by atomic mass is 32.1. The molecule has 0 aliphatic rings. The van der Waals surface area contributed by atoms with Crippen molar-refractivity contribution in [1.82, 2.24) is 4.98 Å². The van der Waals surface area contributed by atoms with Gasteiger partial charge < -0.3 is 10.4 Å². The number of aromatic hydroxyl groups is 1. The Kier molecular flexibility index (Phi) is 2.89. The minimum atomic E-state index is -0.253. The fourth-order valence-electron chi connectivity index (χ4n) is 1.91. The summed E-state index contributed by atoms with van der Waals surface area (Å²) in [7, 11) is 0. The van der Waals surface area contributed by atoms with Crippen LogP contribution in [-0.2, 0) is 0 Å². The lowest BCUT2D eigenvalue weighted by Crippen LogP contribution is -2.12. The van der Waals surface area contributed by atoms with Gasteiger partial charge in [0.1, 0.15) is 11.4 Å². The zero-order chi connectivity index (χ0) is 13.2. The van der Waals surface area contributed by atoms with Crippen molar-refractivity contribution >= 4 is 33.7 Å². The van der Waals surface area contributed by atoms with Crippen molar-refractivity contribution in [3.63, 3.8) is 0 Å². The molecular formula is C14H10N2O2S. The first-order chi connectivity index (χ1) is 9.25. The van der Waals surface area contributed by atoms with Crippen LogP contribution in [0.4, 0.5) is 5.69 Å². The Balaban J connectivity index is 2.02. The molecule has 0 aliphatic heterocycles. The molecule has 0 saturated carbocycles. The zero-order valence-corrected chi connectivity index (χ0v) is 10.6. The maximum Gasteiger partial charge on any atom is 0.275 e. The fraction of sp³-hybridized carbons (Fsp3) is 0. The maximum atomic E-state index is 12.0. The van der Waals surface area contributed by atoms with E-state index in [1.54, 1.807) is 35.2 Å². The quantitative estimate of drug-likeness (QED) is 0.751. The second-order valence-corrected chi connectivity index (χ2v) is 4.72. The molecule has 94 valence electrons. The first kappa shape index (κ1) is 11.7. The first-order valence-corrected chi connectivity index (χ1v) is 6.60. The number of nitrogens with zero attached hydrogens (tertiary/aromatic N) is 1. The Hall–Kier alpha value is -2.40. The summed E-state index contributed by atoms with van der Waals surface area (Å²) in [4.78, 5) is 15.9. The summed E-state index contributed by atoms with van der Waals surface area (Å²) >= 11 is 1.37. The van der Waals surface area contributed by atoms with Gasteiger partial charge in [0.25, 0.3) is 5.91 Å². The van der Waals surface area contributed by atoms with Crippen molar-refractivity contribution in [3.05, 3.63) is 53.0 Å². The Morgan fingerprint density at radius 1 is 1.16 bits per heavy atom. The van der Waals surface area contributed by atoms with Crippen LogP contribution in [0.2, 0.25) is 0 Å². The van der Waals surface area contributed by atoms with Crippen molar-refractivity contribution < 1.29 is 9.90 Å². The first-order valence-electron chi connectivity index (χ1n) is 5.66. The molecule has 2 aromatic carbocycles. The number of anilines is 1. The average Bonchev–Trinajstić information content (AvgIpc) is 2.94. The molecule has 19 heavy (non-hydrogen) atoms. The van der Waals surface area contributed by atoms with Gasteiger partial charge in [-0.25, -0.2) is 4.98 Å². The average molecular weight is 270 g/mol. The number of nitrogens with one attached hydrogen (secondary N) is 1. The highest BCUT2D eigenvalue weighted by Crippen LogP contribution is 2.29. The van der Waals surface area contributed by atoms with Gasteiger partial charge in [0.2, 0.25) is 0 Å². The van der Waals surface area contributed by atoms with Crippen molar-refractivity contribution in [3.8, 4) is 5.75 Å². The van der Waals surface area contributed by atoms with Gasteiger partial charge in [-0.15, -0.1) is 11.3 Å². The second-order valence-electron chi connectivity index (χ2n) is 4.01. The van der Waals surface area contributed by atoms with Crippen LogP contribution in [0.25, 0.3) is 10.8 Å². The maximum absolute atomic E-state index is 12.0. The Morgan fingerprint density at radius 3 is 2.74 bits per heavy atom. The number of benzene rings is 2. The van der Waals surface area contributed by atoms with Gasteiger partial charge in [0, 0.05) is 21.8 Å². The number of thiazole rings is 1. The lowest BCUT2D eigenvalue weighted by Gasteiger charge is -2.08. The molecule has 0 aliphatic carbocycles. The molecule has 0 radical (unpaired) electrons. The lowest BCUT2D eigenvalue weighted by atomic mass is 10.1. The number of aromatic nitrogens is 1. The van der Waals surface area contributed by atoms with Gasteiger partial charge in [0.15, 0.2) is 0 Å². The van der Waals surface area contributed by atoms with Crippen LogP contribution in [-0.4, -0.2) is 16.0 Å². The van der Waals surface area contributed by atoms with Crippen LogP contribution in [0.15, 0.2) is 47.3 Å². The van der Waals surface area contributed by atoms with Crippen molar-refractivity contribution in [2.75, 3.05) is 5.32 Å². The van der Waals surface area contributed by atoms with Crippen molar-refractivity contribution in [1.29, 1.82) is 0 Å². The summed E-state index contributed by atoms with van der Waals surface area (Å²) < 4.78 is 0. The largest absolute Gasteiger partial charge is 0.507 e. The van der Waals surface area contributed by atoms with Crippen LogP contribution in [0.5, 0.6) is 5.75 Å². The number of phenols is 1. The summed E-state index contributed by atoms with van der Waals surface area (Å²) in [6.45, 7) is 0. The third kappa shape index (κ3) is 2.15. The molecule has 0 unspecified atom stereocenters. The highest BCUT2D eigenvalue weighted by molar-refractivity contribution is 7.07. The van der Waals surface area contributed by atoms with E-state index < -0.39 is 0 Å². The minimum Gasteiger partial charge on any atom is -0.507 e. The molecule has 0 spiro atoms. The number of carbonyl (C=O) groups excluding carboxylic acids is 1. The van der Waals surface area contributed by atoms with E-state index in [1.807, 2.05) is 12.1 Å². The minimum absolute atomic E-state index is 0.197. The molecule has 1 heterocycles. The standard InChI is InChI=1S/C14H10N2O2S/c17-13-6-2-3-9-10(13)4-1-5-11(9)16-14(18)12-7-19-8-15-12/h1-8,17H,(H,16,18). The summed E-state index contributed by atoms with van der Waals surface area (Å²) in [5.41, 5.74) is 2.66. The molecule has 4 nitrogen and oxygen atoms in total. The van der Waals surface area contributed by atoms with E-state index in [2.05, 4.69) is 10.3 Å². The van der Waals surface area contributed by atoms with Crippen LogP contribution >= 0.6 is 11.3 Å². The van der Waals surface area contributed by atoms with E-state index in [-0.39, 0.29) is 11.7 Å². The molecule has 1 aromatic heterocycles. The van der Waals surface area contributed by atoms with Crippen LogP contribution in [0.1, 0.15) is 10.5 Å². The Morgan fingerprint density at radius 2 is 1.95 bits per heavy atom. The highest BCUT2D eigenvalue weighted by Gasteiger charge is 2.10. The summed E-state index contributed by atoms with van der Waals surface area (Å²) in [5.74, 6) is -0.0562. The lowest BCUT2D eigenvalue weighted by molar-refractivity contribution is 0.102. The number of hydrogen-bond acceptors (Lipinski definition) is 4. The smallest absolute Gasteiger partial charge is 0.275 e. The predicted molar refractivity (Wildman–Crippen MR) is 75.7 cm³/mol. The molecule has 3 aromatic rings. The van der Waals surface area contributed by atoms with Gasteiger partial charge in [-0.05, 0) is 12.1 Å². The third-order valence-corrected chi connectivity index (χ3v) is 3.40. The molecule has 5 heteroatoms. The number of rotatable bonds is 2. The molecule has 0 fully saturated rings. The van der Waals surface area contributed by atoms with E-state index >= 15 is 0 Å². The van der Waals surface area contributed by atoms with Gasteiger partial charge in [0.05, 0.1) is 5.51 Å². The topological polar surface area (TPSA) is 62.2 Å². The number of carbonyl (C=O) groups is 1. The monoisotopic (exact) mass is 270 g/mol. The van der Waals surface area contributed by atoms with Crippen LogP contribution < -0.4 is 5.32 Å². The summed E-state index contributed by atoms with van der Waals surface area (Å²) in [6.07, 6.45) is 0. The van der Waals surface area contributed by atoms with Crippen molar-refractivity contribution in [2.24, 2.45) is 0 Å². The molecule has 0 bridgehead atoms.